The molecule has 0 aliphatic carbocycles. The molecule has 6 nitrogen and oxygen atoms in total. The molecule has 2 rings (SSSR count). The molecule has 28 heavy (non-hydrogen) atoms. The summed E-state index contributed by atoms with van der Waals surface area (Å²) in [6.45, 7) is 5.00. The Balaban J connectivity index is 2.22. The van der Waals surface area contributed by atoms with Crippen molar-refractivity contribution < 1.29 is 19.1 Å². The summed E-state index contributed by atoms with van der Waals surface area (Å²) in [5.41, 5.74) is 1.12. The van der Waals surface area contributed by atoms with Gasteiger partial charge in [0.15, 0.2) is 11.5 Å². The third-order valence-corrected chi connectivity index (χ3v) is 3.74. The summed E-state index contributed by atoms with van der Waals surface area (Å²) >= 11 is 0. The fourth-order valence-corrected chi connectivity index (χ4v) is 2.46. The molecule has 0 saturated heterocycles. The zero-order chi connectivity index (χ0) is 20.4. The monoisotopic (exact) mass is 380 g/mol. The van der Waals surface area contributed by atoms with Gasteiger partial charge < -0.3 is 20.1 Å². The Labute approximate surface area is 165 Å². The van der Waals surface area contributed by atoms with E-state index in [0.29, 0.717) is 41.5 Å². The maximum atomic E-state index is 12.7. The summed E-state index contributed by atoms with van der Waals surface area (Å²) in [4.78, 5) is 24.9. The lowest BCUT2D eigenvalue weighted by atomic mass is 10.1. The molecule has 0 heterocycles. The minimum atomic E-state index is -0.361. The molecule has 0 spiro atoms. The Morgan fingerprint density at radius 2 is 1.82 bits per heavy atom. The van der Waals surface area contributed by atoms with Crippen LogP contribution in [0.1, 0.15) is 41.0 Å². The van der Waals surface area contributed by atoms with Gasteiger partial charge in [-0.25, -0.2) is 0 Å². The van der Waals surface area contributed by atoms with Gasteiger partial charge in [0.25, 0.3) is 11.8 Å². The number of hydrogen-bond donors (Lipinski definition) is 2. The van der Waals surface area contributed by atoms with Gasteiger partial charge in [0, 0.05) is 5.56 Å². The molecule has 2 amide bonds. The van der Waals surface area contributed by atoms with Gasteiger partial charge >= 0.3 is 0 Å². The zero-order valence-corrected chi connectivity index (χ0v) is 16.1. The number of anilines is 1. The van der Waals surface area contributed by atoms with Crippen molar-refractivity contribution in [2.75, 3.05) is 25.1 Å². The fourth-order valence-electron chi connectivity index (χ4n) is 2.46. The van der Waals surface area contributed by atoms with Crippen molar-refractivity contribution in [1.29, 1.82) is 0 Å². The molecule has 0 atom stereocenters. The number of carbonyl (C=O) groups is 2. The summed E-state index contributed by atoms with van der Waals surface area (Å²) in [6, 6.07) is 11.7. The number of hydrogen-bond acceptors (Lipinski definition) is 4. The molecule has 0 fully saturated rings. The Morgan fingerprint density at radius 3 is 2.54 bits per heavy atom. The van der Waals surface area contributed by atoms with Crippen LogP contribution in [-0.4, -0.2) is 31.6 Å². The van der Waals surface area contributed by atoms with E-state index in [1.165, 1.54) is 0 Å². The molecule has 0 saturated carbocycles. The molecule has 2 aromatic rings. The number of benzene rings is 2. The Hall–Kier alpha value is -3.46. The molecular weight excluding hydrogens is 356 g/mol. The Kier molecular flexibility index (Phi) is 7.92. The number of rotatable bonds is 9. The van der Waals surface area contributed by atoms with Crippen LogP contribution < -0.4 is 20.1 Å². The highest BCUT2D eigenvalue weighted by Gasteiger charge is 2.15. The summed E-state index contributed by atoms with van der Waals surface area (Å²) in [6.07, 6.45) is 6.04. The molecule has 6 heteroatoms. The molecule has 2 aromatic carbocycles. The number of ether oxygens (including phenoxy) is 2. The third-order valence-electron chi connectivity index (χ3n) is 3.74. The molecule has 2 N–H and O–H groups in total. The highest BCUT2D eigenvalue weighted by Crippen LogP contribution is 2.29. The van der Waals surface area contributed by atoms with Gasteiger partial charge in [-0.1, -0.05) is 25.0 Å². The first-order valence-corrected chi connectivity index (χ1v) is 9.12. The molecule has 146 valence electrons. The highest BCUT2D eigenvalue weighted by atomic mass is 16.5. The van der Waals surface area contributed by atoms with E-state index in [2.05, 4.69) is 16.6 Å². The first kappa shape index (κ1) is 20.8. The van der Waals surface area contributed by atoms with E-state index < -0.39 is 0 Å². The predicted molar refractivity (Wildman–Crippen MR) is 109 cm³/mol. The number of amides is 2. The first-order valence-electron chi connectivity index (χ1n) is 9.12. The molecule has 0 aliphatic rings. The molecule has 0 aromatic heterocycles. The molecular formula is C22H24N2O4. The maximum Gasteiger partial charge on any atom is 0.255 e. The van der Waals surface area contributed by atoms with E-state index in [9.17, 15) is 9.59 Å². The average Bonchev–Trinajstić information content (AvgIpc) is 2.71. The molecule has 0 unspecified atom stereocenters. The van der Waals surface area contributed by atoms with Crippen molar-refractivity contribution in [2.45, 2.75) is 20.3 Å². The van der Waals surface area contributed by atoms with Gasteiger partial charge in [0.1, 0.15) is 0 Å². The average molecular weight is 380 g/mol. The topological polar surface area (TPSA) is 76.7 Å². The minimum absolute atomic E-state index is 0.109. The predicted octanol–water partition coefficient (Wildman–Crippen LogP) is 3.49. The van der Waals surface area contributed by atoms with Crippen LogP contribution in [0.15, 0.2) is 42.5 Å². The number of terminal acetylenes is 1. The fraction of sp³-hybridized carbons (Fsp3) is 0.273. The van der Waals surface area contributed by atoms with Crippen molar-refractivity contribution in [3.05, 3.63) is 53.6 Å². The van der Waals surface area contributed by atoms with Crippen molar-refractivity contribution in [2.24, 2.45) is 0 Å². The van der Waals surface area contributed by atoms with E-state index in [1.807, 2.05) is 13.8 Å². The SMILES string of the molecule is C#CCNC(=O)c1ccccc1NC(=O)c1ccc(OCCC)c(OCC)c1. The number of para-hydroxylation sites is 1. The number of nitrogens with one attached hydrogen (secondary N) is 2. The molecule has 0 radical (unpaired) electrons. The lowest BCUT2D eigenvalue weighted by Crippen LogP contribution is -2.25. The summed E-state index contributed by atoms with van der Waals surface area (Å²) in [5.74, 6) is 2.73. The van der Waals surface area contributed by atoms with Gasteiger partial charge in [0.2, 0.25) is 0 Å². The summed E-state index contributed by atoms with van der Waals surface area (Å²) in [7, 11) is 0. The molecule has 0 aliphatic heterocycles. The van der Waals surface area contributed by atoms with E-state index in [1.54, 1.807) is 42.5 Å². The van der Waals surface area contributed by atoms with Crippen LogP contribution in [0.4, 0.5) is 5.69 Å². The quantitative estimate of drug-likeness (QED) is 0.653. The van der Waals surface area contributed by atoms with Crippen LogP contribution in [0.2, 0.25) is 0 Å². The Bertz CT molecular complexity index is 871. The van der Waals surface area contributed by atoms with Gasteiger partial charge in [-0.05, 0) is 43.7 Å². The first-order chi connectivity index (χ1) is 13.6. The maximum absolute atomic E-state index is 12.7. The van der Waals surface area contributed by atoms with Crippen molar-refractivity contribution in [1.82, 2.24) is 5.32 Å². The van der Waals surface area contributed by atoms with Gasteiger partial charge in [0.05, 0.1) is 31.0 Å². The van der Waals surface area contributed by atoms with Crippen LogP contribution in [0, 0.1) is 12.3 Å². The van der Waals surface area contributed by atoms with Crippen molar-refractivity contribution >= 4 is 17.5 Å². The third kappa shape index (κ3) is 5.52. The van der Waals surface area contributed by atoms with E-state index in [0.717, 1.165) is 6.42 Å². The van der Waals surface area contributed by atoms with E-state index in [-0.39, 0.29) is 18.4 Å². The lowest BCUT2D eigenvalue weighted by molar-refractivity contribution is 0.0959. The van der Waals surface area contributed by atoms with Crippen molar-refractivity contribution in [3.63, 3.8) is 0 Å². The van der Waals surface area contributed by atoms with Crippen LogP contribution >= 0.6 is 0 Å². The second-order valence-electron chi connectivity index (χ2n) is 5.83. The highest BCUT2D eigenvalue weighted by molar-refractivity contribution is 6.09. The standard InChI is InChI=1S/C22H24N2O4/c1-4-13-23-22(26)17-9-7-8-10-18(17)24-21(25)16-11-12-19(28-14-5-2)20(15-16)27-6-3/h1,7-12,15H,5-6,13-14H2,2-3H3,(H,23,26)(H,24,25). The Morgan fingerprint density at radius 1 is 1.04 bits per heavy atom. The smallest absolute Gasteiger partial charge is 0.255 e. The number of carbonyl (C=O) groups excluding carboxylic acids is 2. The van der Waals surface area contributed by atoms with Gasteiger partial charge in [-0.2, -0.15) is 0 Å². The minimum Gasteiger partial charge on any atom is -0.490 e. The normalized spacial score (nSPS) is 9.89. The van der Waals surface area contributed by atoms with Crippen LogP contribution in [0.25, 0.3) is 0 Å². The van der Waals surface area contributed by atoms with Crippen LogP contribution in [0.5, 0.6) is 11.5 Å². The van der Waals surface area contributed by atoms with Gasteiger partial charge in [-0.3, -0.25) is 9.59 Å². The van der Waals surface area contributed by atoms with Crippen LogP contribution in [-0.2, 0) is 0 Å². The lowest BCUT2D eigenvalue weighted by Gasteiger charge is -2.14. The van der Waals surface area contributed by atoms with Crippen molar-refractivity contribution in [3.8, 4) is 23.8 Å². The largest absolute Gasteiger partial charge is 0.490 e. The second kappa shape index (κ2) is 10.6. The zero-order valence-electron chi connectivity index (χ0n) is 16.1. The van der Waals surface area contributed by atoms with Crippen LogP contribution in [0.3, 0.4) is 0 Å². The van der Waals surface area contributed by atoms with E-state index in [4.69, 9.17) is 15.9 Å². The van der Waals surface area contributed by atoms with Gasteiger partial charge in [-0.15, -0.1) is 6.42 Å². The summed E-state index contributed by atoms with van der Waals surface area (Å²) in [5, 5.41) is 5.36. The summed E-state index contributed by atoms with van der Waals surface area (Å²) < 4.78 is 11.2. The second-order valence-corrected chi connectivity index (χ2v) is 5.83. The molecule has 0 bridgehead atoms. The van der Waals surface area contributed by atoms with E-state index >= 15 is 0 Å².